The van der Waals surface area contributed by atoms with Crippen molar-refractivity contribution in [3.63, 3.8) is 0 Å². The number of aromatic nitrogens is 3. The number of likely N-dealkylation sites (tertiary alicyclic amines) is 1. The zero-order valence-electron chi connectivity index (χ0n) is 23.4. The van der Waals surface area contributed by atoms with Gasteiger partial charge in [0, 0.05) is 31.1 Å². The number of hydrogen-bond acceptors (Lipinski definition) is 6. The molecule has 4 N–H and O–H groups in total. The Morgan fingerprint density at radius 1 is 1.07 bits per heavy atom. The van der Waals surface area contributed by atoms with Gasteiger partial charge in [0.25, 0.3) is 0 Å². The van der Waals surface area contributed by atoms with Crippen molar-refractivity contribution in [1.29, 1.82) is 0 Å². The van der Waals surface area contributed by atoms with E-state index < -0.39 is 12.1 Å². The Labute approximate surface area is 242 Å². The normalized spacial score (nSPS) is 22.0. The number of rotatable bonds is 9. The van der Waals surface area contributed by atoms with Gasteiger partial charge in [0.05, 0.1) is 6.04 Å². The molecule has 0 bridgehead atoms. The summed E-state index contributed by atoms with van der Waals surface area (Å²) < 4.78 is 1.97. The minimum absolute atomic E-state index is 0.0289. The summed E-state index contributed by atoms with van der Waals surface area (Å²) in [4.78, 5) is 33.5. The smallest absolute Gasteiger partial charge is 0.245 e. The van der Waals surface area contributed by atoms with E-state index in [1.165, 1.54) is 32.1 Å². The minimum atomic E-state index is -0.668. The van der Waals surface area contributed by atoms with Crippen LogP contribution in [0.1, 0.15) is 63.4 Å². The molecule has 2 saturated heterocycles. The molecule has 0 unspecified atom stereocenters. The van der Waals surface area contributed by atoms with E-state index >= 15 is 0 Å². The van der Waals surface area contributed by atoms with Crippen LogP contribution in [0.4, 0.5) is 0 Å². The average molecular weight is 570 g/mol. The Kier molecular flexibility index (Phi) is 9.76. The Bertz CT molecular complexity index is 1090. The molecule has 1 aromatic carbocycles. The zero-order valence-corrected chi connectivity index (χ0v) is 24.2. The molecule has 3 heterocycles. The molecule has 218 valence electrons. The maximum absolute atomic E-state index is 14.0. The lowest BCUT2D eigenvalue weighted by atomic mass is 9.63. The van der Waals surface area contributed by atoms with Crippen LogP contribution < -0.4 is 16.4 Å². The third-order valence-corrected chi connectivity index (χ3v) is 9.90. The van der Waals surface area contributed by atoms with Crippen LogP contribution in [0.3, 0.4) is 0 Å². The topological polar surface area (TPSA) is 118 Å². The van der Waals surface area contributed by atoms with Crippen molar-refractivity contribution in [2.24, 2.45) is 23.0 Å². The van der Waals surface area contributed by atoms with Gasteiger partial charge >= 0.3 is 0 Å². The molecular weight excluding hydrogens is 526 g/mol. The summed E-state index contributed by atoms with van der Waals surface area (Å²) in [6.45, 7) is 3.93. The molecule has 0 spiro atoms. The van der Waals surface area contributed by atoms with Gasteiger partial charge in [-0.2, -0.15) is 5.10 Å². The summed E-state index contributed by atoms with van der Waals surface area (Å²) in [5.41, 5.74) is 7.48. The number of carbonyl (C=O) groups excluding carboxylic acids is 2. The van der Waals surface area contributed by atoms with Gasteiger partial charge in [0.2, 0.25) is 11.8 Å². The average Bonchev–Trinajstić information content (AvgIpc) is 3.51. The largest absolute Gasteiger partial charge is 0.343 e. The van der Waals surface area contributed by atoms with Gasteiger partial charge in [-0.1, -0.05) is 43.0 Å². The molecule has 1 aliphatic carbocycles. The predicted octanol–water partition coefficient (Wildman–Crippen LogP) is 3.18. The summed E-state index contributed by atoms with van der Waals surface area (Å²) in [6, 6.07) is 6.20. The summed E-state index contributed by atoms with van der Waals surface area (Å²) in [5.74, 6) is 0.489. The van der Waals surface area contributed by atoms with Crippen molar-refractivity contribution >= 4 is 23.4 Å². The number of halogens is 1. The van der Waals surface area contributed by atoms with Gasteiger partial charge in [0.15, 0.2) is 0 Å². The number of carbonyl (C=O) groups is 2. The van der Waals surface area contributed by atoms with E-state index in [4.69, 9.17) is 17.3 Å². The lowest BCUT2D eigenvalue weighted by Crippen LogP contribution is -2.57. The molecule has 5 rings (SSSR count). The van der Waals surface area contributed by atoms with Gasteiger partial charge in [0.1, 0.15) is 18.7 Å². The van der Waals surface area contributed by atoms with Crippen LogP contribution >= 0.6 is 11.6 Å². The summed E-state index contributed by atoms with van der Waals surface area (Å²) >= 11 is 6.11. The van der Waals surface area contributed by atoms with E-state index in [-0.39, 0.29) is 23.1 Å². The molecule has 2 atom stereocenters. The standard InChI is InChI=1S/C30H44ClN7O2/c31-25-8-6-22(7-9-25)18-26(36-28(39)27(32)23-10-14-33-15-11-23)29(40)37-16-12-30(13-17-37,19-38-21-34-20-35-38)24-4-2-1-3-5-24/h6-9,20-21,23-24,26-27,33H,1-5,10-19,32H2,(H,36,39)/t26-,27+/m1/s1. The monoisotopic (exact) mass is 569 g/mol. The van der Waals surface area contributed by atoms with Crippen LogP contribution in [0.25, 0.3) is 0 Å². The highest BCUT2D eigenvalue weighted by Gasteiger charge is 2.44. The second-order valence-electron chi connectivity index (χ2n) is 12.1. The summed E-state index contributed by atoms with van der Waals surface area (Å²) in [7, 11) is 0. The molecule has 9 nitrogen and oxygen atoms in total. The van der Waals surface area contributed by atoms with E-state index in [1.54, 1.807) is 6.33 Å². The third kappa shape index (κ3) is 7.04. The van der Waals surface area contributed by atoms with Crippen LogP contribution in [0.2, 0.25) is 5.02 Å². The first kappa shape index (κ1) is 29.0. The van der Waals surface area contributed by atoms with Crippen LogP contribution in [-0.2, 0) is 22.6 Å². The van der Waals surface area contributed by atoms with Gasteiger partial charge in [-0.25, -0.2) is 4.98 Å². The van der Waals surface area contributed by atoms with Crippen molar-refractivity contribution in [2.75, 3.05) is 26.2 Å². The maximum atomic E-state index is 14.0. The van der Waals surface area contributed by atoms with E-state index in [0.29, 0.717) is 30.5 Å². The minimum Gasteiger partial charge on any atom is -0.343 e. The first-order valence-corrected chi connectivity index (χ1v) is 15.4. The zero-order chi connectivity index (χ0) is 28.0. The molecular formula is C30H44ClN7O2. The number of nitrogens with zero attached hydrogens (tertiary/aromatic N) is 4. The highest BCUT2D eigenvalue weighted by atomic mass is 35.5. The van der Waals surface area contributed by atoms with Crippen molar-refractivity contribution < 1.29 is 9.59 Å². The van der Waals surface area contributed by atoms with Crippen molar-refractivity contribution in [1.82, 2.24) is 30.3 Å². The summed E-state index contributed by atoms with van der Waals surface area (Å²) in [6.07, 6.45) is 13.8. The van der Waals surface area contributed by atoms with E-state index in [0.717, 1.165) is 50.9 Å². The van der Waals surface area contributed by atoms with Crippen molar-refractivity contribution in [3.8, 4) is 0 Å². The fraction of sp³-hybridized carbons (Fsp3) is 0.667. The van der Waals surface area contributed by atoms with Gasteiger partial charge in [-0.05, 0) is 86.6 Å². The third-order valence-electron chi connectivity index (χ3n) is 9.65. The number of hydrogen-bond donors (Lipinski definition) is 3. The molecule has 1 saturated carbocycles. The van der Waals surface area contributed by atoms with Gasteiger partial charge < -0.3 is 21.3 Å². The fourth-order valence-electron chi connectivity index (χ4n) is 7.18. The highest BCUT2D eigenvalue weighted by molar-refractivity contribution is 6.30. The number of piperidine rings is 2. The number of nitrogens with two attached hydrogens (primary N) is 1. The van der Waals surface area contributed by atoms with E-state index in [2.05, 4.69) is 20.7 Å². The molecule has 2 amide bonds. The van der Waals surface area contributed by atoms with Crippen LogP contribution in [0.5, 0.6) is 0 Å². The SMILES string of the molecule is N[C@H](C(=O)N[C@H](Cc1ccc(Cl)cc1)C(=O)N1CCC(Cn2cncn2)(C2CCCCC2)CC1)C1CCNCC1. The molecule has 40 heavy (non-hydrogen) atoms. The Hall–Kier alpha value is -2.49. The van der Waals surface area contributed by atoms with E-state index in [9.17, 15) is 9.59 Å². The number of nitrogens with one attached hydrogen (secondary N) is 2. The molecule has 3 aliphatic rings. The van der Waals surface area contributed by atoms with Gasteiger partial charge in [-0.15, -0.1) is 0 Å². The summed E-state index contributed by atoms with van der Waals surface area (Å²) in [5, 5.41) is 11.5. The van der Waals surface area contributed by atoms with Crippen molar-refractivity contribution in [2.45, 2.75) is 82.8 Å². The maximum Gasteiger partial charge on any atom is 0.245 e. The Morgan fingerprint density at radius 3 is 2.42 bits per heavy atom. The Morgan fingerprint density at radius 2 is 1.77 bits per heavy atom. The number of benzene rings is 1. The molecule has 2 aromatic rings. The second-order valence-corrected chi connectivity index (χ2v) is 12.6. The highest BCUT2D eigenvalue weighted by Crippen LogP contribution is 2.47. The predicted molar refractivity (Wildman–Crippen MR) is 155 cm³/mol. The van der Waals surface area contributed by atoms with E-state index in [1.807, 2.05) is 40.2 Å². The second kappa shape index (κ2) is 13.4. The first-order chi connectivity index (χ1) is 19.4. The lowest BCUT2D eigenvalue weighted by Gasteiger charge is -2.48. The number of amides is 2. The van der Waals surface area contributed by atoms with Gasteiger partial charge in [-0.3, -0.25) is 14.3 Å². The molecule has 10 heteroatoms. The fourth-order valence-corrected chi connectivity index (χ4v) is 7.31. The van der Waals surface area contributed by atoms with Crippen LogP contribution in [0, 0.1) is 17.3 Å². The molecule has 1 aromatic heterocycles. The Balaban J connectivity index is 1.29. The molecule has 2 aliphatic heterocycles. The van der Waals surface area contributed by atoms with Crippen LogP contribution in [-0.4, -0.2) is 69.7 Å². The quantitative estimate of drug-likeness (QED) is 0.427. The molecule has 3 fully saturated rings. The molecule has 0 radical (unpaired) electrons. The van der Waals surface area contributed by atoms with Crippen molar-refractivity contribution in [3.05, 3.63) is 47.5 Å². The lowest BCUT2D eigenvalue weighted by molar-refractivity contribution is -0.140. The van der Waals surface area contributed by atoms with Crippen LogP contribution in [0.15, 0.2) is 36.9 Å². The first-order valence-electron chi connectivity index (χ1n) is 15.1.